The third kappa shape index (κ3) is 2.08. The van der Waals surface area contributed by atoms with Crippen LogP contribution in [-0.4, -0.2) is 6.61 Å². The summed E-state index contributed by atoms with van der Waals surface area (Å²) in [5.41, 5.74) is 0. The third-order valence-electron chi connectivity index (χ3n) is 2.22. The summed E-state index contributed by atoms with van der Waals surface area (Å²) >= 11 is 0. The van der Waals surface area contributed by atoms with Gasteiger partial charge in [-0.25, -0.2) is 0 Å². The van der Waals surface area contributed by atoms with E-state index in [1.165, 1.54) is 0 Å². The van der Waals surface area contributed by atoms with Gasteiger partial charge in [0.2, 0.25) is 0 Å². The van der Waals surface area contributed by atoms with E-state index < -0.39 is 0 Å². The summed E-state index contributed by atoms with van der Waals surface area (Å²) in [6.45, 7) is 0.449. The minimum atomic E-state index is 0.420. The Morgan fingerprint density at radius 3 is 2.73 bits per heavy atom. The van der Waals surface area contributed by atoms with Crippen LogP contribution in [0.2, 0.25) is 0 Å². The molecule has 2 heteroatoms. The minimum Gasteiger partial charge on any atom is -0.492 e. The van der Waals surface area contributed by atoms with Crippen molar-refractivity contribution in [1.29, 1.82) is 5.26 Å². The van der Waals surface area contributed by atoms with E-state index in [4.69, 9.17) is 10.00 Å². The number of rotatable bonds is 3. The van der Waals surface area contributed by atoms with Crippen LogP contribution in [0.15, 0.2) is 42.5 Å². The second-order valence-corrected chi connectivity index (χ2v) is 3.23. The van der Waals surface area contributed by atoms with Gasteiger partial charge in [0, 0.05) is 5.39 Å². The van der Waals surface area contributed by atoms with Crippen LogP contribution < -0.4 is 4.74 Å². The highest BCUT2D eigenvalue weighted by Gasteiger charge is 1.99. The molecule has 0 aromatic heterocycles. The van der Waals surface area contributed by atoms with E-state index in [2.05, 4.69) is 6.07 Å². The maximum atomic E-state index is 8.43. The summed E-state index contributed by atoms with van der Waals surface area (Å²) in [5.74, 6) is 0.850. The molecule has 0 radical (unpaired) electrons. The lowest BCUT2D eigenvalue weighted by atomic mass is 10.1. The average Bonchev–Trinajstić information content (AvgIpc) is 2.30. The van der Waals surface area contributed by atoms with Gasteiger partial charge in [0.25, 0.3) is 0 Å². The van der Waals surface area contributed by atoms with Crippen molar-refractivity contribution in [2.75, 3.05) is 6.61 Å². The van der Waals surface area contributed by atoms with Crippen molar-refractivity contribution < 1.29 is 4.74 Å². The molecule has 0 saturated heterocycles. The Labute approximate surface area is 88.7 Å². The van der Waals surface area contributed by atoms with Crippen molar-refractivity contribution in [2.24, 2.45) is 0 Å². The van der Waals surface area contributed by atoms with Crippen molar-refractivity contribution >= 4 is 10.8 Å². The fraction of sp³-hybridized carbons (Fsp3) is 0.154. The lowest BCUT2D eigenvalue weighted by molar-refractivity contribution is 0.330. The molecule has 2 rings (SSSR count). The van der Waals surface area contributed by atoms with E-state index >= 15 is 0 Å². The molecule has 0 atom stereocenters. The van der Waals surface area contributed by atoms with Crippen LogP contribution in [-0.2, 0) is 0 Å². The first-order chi connectivity index (χ1) is 7.42. The highest BCUT2D eigenvalue weighted by atomic mass is 16.5. The fourth-order valence-corrected chi connectivity index (χ4v) is 1.53. The van der Waals surface area contributed by atoms with Crippen LogP contribution in [0.5, 0.6) is 5.75 Å². The molecule has 2 nitrogen and oxygen atoms in total. The van der Waals surface area contributed by atoms with Crippen LogP contribution in [0.3, 0.4) is 0 Å². The van der Waals surface area contributed by atoms with Crippen molar-refractivity contribution in [3.05, 3.63) is 42.5 Å². The summed E-state index contributed by atoms with van der Waals surface area (Å²) in [4.78, 5) is 0. The van der Waals surface area contributed by atoms with Gasteiger partial charge in [-0.2, -0.15) is 5.26 Å². The van der Waals surface area contributed by atoms with Gasteiger partial charge in [-0.15, -0.1) is 0 Å². The Balaban J connectivity index is 2.31. The highest BCUT2D eigenvalue weighted by molar-refractivity contribution is 5.88. The first-order valence-electron chi connectivity index (χ1n) is 4.89. The molecular weight excluding hydrogens is 186 g/mol. The molecule has 0 aliphatic rings. The van der Waals surface area contributed by atoms with Crippen LogP contribution in [0.4, 0.5) is 0 Å². The molecule has 2 aromatic carbocycles. The molecule has 0 unspecified atom stereocenters. The van der Waals surface area contributed by atoms with Crippen LogP contribution in [0, 0.1) is 11.3 Å². The quantitative estimate of drug-likeness (QED) is 0.708. The molecule has 0 heterocycles. The summed E-state index contributed by atoms with van der Waals surface area (Å²) in [5, 5.41) is 10.7. The smallest absolute Gasteiger partial charge is 0.127 e. The third-order valence-corrected chi connectivity index (χ3v) is 2.22. The zero-order chi connectivity index (χ0) is 10.5. The molecule has 74 valence electrons. The summed E-state index contributed by atoms with van der Waals surface area (Å²) < 4.78 is 5.54. The van der Waals surface area contributed by atoms with Gasteiger partial charge >= 0.3 is 0 Å². The Bertz CT molecular complexity index is 494. The maximum Gasteiger partial charge on any atom is 0.127 e. The molecule has 0 bridgehead atoms. The molecule has 0 N–H and O–H groups in total. The highest BCUT2D eigenvalue weighted by Crippen LogP contribution is 2.24. The van der Waals surface area contributed by atoms with Crippen LogP contribution >= 0.6 is 0 Å². The van der Waals surface area contributed by atoms with E-state index in [0.717, 1.165) is 16.5 Å². The molecule has 2 aromatic rings. The standard InChI is InChI=1S/C13H11NO/c14-9-4-10-15-13-8-3-6-11-5-1-2-7-12(11)13/h1-3,5-8H,4,10H2. The molecule has 0 saturated carbocycles. The van der Waals surface area contributed by atoms with E-state index in [-0.39, 0.29) is 0 Å². The molecule has 0 aliphatic carbocycles. The van der Waals surface area contributed by atoms with Crippen molar-refractivity contribution in [3.63, 3.8) is 0 Å². The normalized spacial score (nSPS) is 9.80. The number of ether oxygens (including phenoxy) is 1. The van der Waals surface area contributed by atoms with E-state index in [1.807, 2.05) is 42.5 Å². The monoisotopic (exact) mass is 197 g/mol. The summed E-state index contributed by atoms with van der Waals surface area (Å²) in [6.07, 6.45) is 0.420. The van der Waals surface area contributed by atoms with Gasteiger partial charge in [-0.1, -0.05) is 36.4 Å². The summed E-state index contributed by atoms with van der Waals surface area (Å²) in [6, 6.07) is 16.1. The fourth-order valence-electron chi connectivity index (χ4n) is 1.53. The average molecular weight is 197 g/mol. The van der Waals surface area contributed by atoms with Gasteiger partial charge in [0.05, 0.1) is 12.5 Å². The number of hydrogen-bond acceptors (Lipinski definition) is 2. The Morgan fingerprint density at radius 2 is 1.87 bits per heavy atom. The number of nitriles is 1. The van der Waals surface area contributed by atoms with Gasteiger partial charge in [0.15, 0.2) is 0 Å². The maximum absolute atomic E-state index is 8.43. The molecule has 15 heavy (non-hydrogen) atoms. The Morgan fingerprint density at radius 1 is 1.07 bits per heavy atom. The lowest BCUT2D eigenvalue weighted by Crippen LogP contribution is -1.96. The zero-order valence-electron chi connectivity index (χ0n) is 8.31. The predicted octanol–water partition coefficient (Wildman–Crippen LogP) is 3.13. The molecule has 0 aliphatic heterocycles. The first-order valence-corrected chi connectivity index (χ1v) is 4.89. The van der Waals surface area contributed by atoms with Gasteiger partial charge < -0.3 is 4.74 Å². The second kappa shape index (κ2) is 4.47. The van der Waals surface area contributed by atoms with Gasteiger partial charge in [-0.05, 0) is 11.5 Å². The molecular formula is C13H11NO. The first kappa shape index (κ1) is 9.54. The second-order valence-electron chi connectivity index (χ2n) is 3.23. The molecule has 0 spiro atoms. The van der Waals surface area contributed by atoms with E-state index in [9.17, 15) is 0 Å². The van der Waals surface area contributed by atoms with Crippen molar-refractivity contribution in [2.45, 2.75) is 6.42 Å². The largest absolute Gasteiger partial charge is 0.492 e. The van der Waals surface area contributed by atoms with E-state index in [1.54, 1.807) is 0 Å². The van der Waals surface area contributed by atoms with Crippen molar-refractivity contribution in [1.82, 2.24) is 0 Å². The Kier molecular flexibility index (Phi) is 2.85. The summed E-state index contributed by atoms with van der Waals surface area (Å²) in [7, 11) is 0. The molecule has 0 fully saturated rings. The Hall–Kier alpha value is -2.01. The number of fused-ring (bicyclic) bond motifs is 1. The predicted molar refractivity (Wildman–Crippen MR) is 59.7 cm³/mol. The number of benzene rings is 2. The SMILES string of the molecule is N#CCCOc1cccc2ccccc12. The van der Waals surface area contributed by atoms with Gasteiger partial charge in [0.1, 0.15) is 12.4 Å². The van der Waals surface area contributed by atoms with Crippen LogP contribution in [0.25, 0.3) is 10.8 Å². The van der Waals surface area contributed by atoms with Crippen molar-refractivity contribution in [3.8, 4) is 11.8 Å². The number of nitrogens with zero attached hydrogens (tertiary/aromatic N) is 1. The topological polar surface area (TPSA) is 33.0 Å². The minimum absolute atomic E-state index is 0.420. The number of hydrogen-bond donors (Lipinski definition) is 0. The zero-order valence-corrected chi connectivity index (χ0v) is 8.31. The van der Waals surface area contributed by atoms with E-state index in [0.29, 0.717) is 13.0 Å². The van der Waals surface area contributed by atoms with Gasteiger partial charge in [-0.3, -0.25) is 0 Å². The molecule has 0 amide bonds. The lowest BCUT2D eigenvalue weighted by Gasteiger charge is -2.07. The van der Waals surface area contributed by atoms with Crippen LogP contribution in [0.1, 0.15) is 6.42 Å².